The molecule has 0 bridgehead atoms. The third kappa shape index (κ3) is 5.23. The van der Waals surface area contributed by atoms with E-state index in [1.54, 1.807) is 9.58 Å². The van der Waals surface area contributed by atoms with Crippen molar-refractivity contribution in [3.05, 3.63) is 56.7 Å². The van der Waals surface area contributed by atoms with Crippen LogP contribution in [0.15, 0.2) is 12.1 Å². The van der Waals surface area contributed by atoms with E-state index < -0.39 is 34.9 Å². The number of amides is 1. The van der Waals surface area contributed by atoms with E-state index in [9.17, 15) is 18.0 Å². The normalized spacial score (nSPS) is 19.0. The summed E-state index contributed by atoms with van der Waals surface area (Å²) in [6.07, 6.45) is -5.66. The zero-order valence-corrected chi connectivity index (χ0v) is 23.9. The van der Waals surface area contributed by atoms with Crippen molar-refractivity contribution in [1.29, 1.82) is 0 Å². The van der Waals surface area contributed by atoms with Gasteiger partial charge in [-0.15, -0.1) is 0 Å². The maximum atomic E-state index is 15.0. The minimum atomic E-state index is -4.82. The van der Waals surface area contributed by atoms with Crippen molar-refractivity contribution in [3.63, 3.8) is 0 Å². The van der Waals surface area contributed by atoms with Crippen LogP contribution in [0.3, 0.4) is 0 Å². The maximum absolute atomic E-state index is 15.0. The van der Waals surface area contributed by atoms with Gasteiger partial charge in [0.05, 0.1) is 54.0 Å². The Labute approximate surface area is 248 Å². The molecule has 1 aromatic carbocycles. The number of halogens is 5. The van der Waals surface area contributed by atoms with Gasteiger partial charge in [0.25, 0.3) is 5.91 Å². The summed E-state index contributed by atoms with van der Waals surface area (Å²) in [4.78, 5) is 25.6. The fraction of sp³-hybridized carbons (Fsp3) is 0.481. The molecule has 230 valence electrons. The fourth-order valence-electron chi connectivity index (χ4n) is 5.77. The number of anilines is 2. The first-order chi connectivity index (χ1) is 20.5. The van der Waals surface area contributed by atoms with Crippen molar-refractivity contribution >= 4 is 29.0 Å². The van der Waals surface area contributed by atoms with Gasteiger partial charge in [0.15, 0.2) is 11.5 Å². The smallest absolute Gasteiger partial charge is 0.416 e. The Hall–Kier alpha value is -3.69. The first-order valence-electron chi connectivity index (χ1n) is 13.7. The molecular formula is C27H29ClF4N8O3. The number of nitrogens with zero attached hydrogens (tertiary/aromatic N) is 6. The van der Waals surface area contributed by atoms with Gasteiger partial charge >= 0.3 is 12.2 Å². The number of carbonyl (C=O) groups is 1. The van der Waals surface area contributed by atoms with E-state index in [0.717, 1.165) is 12.1 Å². The van der Waals surface area contributed by atoms with E-state index in [1.165, 1.54) is 7.11 Å². The number of aryl methyl sites for hydroxylation is 1. The number of hydrogen-bond donors (Lipinski definition) is 2. The predicted molar refractivity (Wildman–Crippen MR) is 147 cm³/mol. The minimum Gasteiger partial charge on any atom is -0.467 e. The molecule has 2 aromatic heterocycles. The molecule has 1 amide bonds. The lowest BCUT2D eigenvalue weighted by Gasteiger charge is -2.38. The van der Waals surface area contributed by atoms with Gasteiger partial charge in [-0.2, -0.15) is 28.2 Å². The Kier molecular flexibility index (Phi) is 7.59. The molecule has 0 spiro atoms. The number of benzene rings is 1. The molecule has 1 atom stereocenters. The molecule has 0 aliphatic carbocycles. The van der Waals surface area contributed by atoms with Gasteiger partial charge in [-0.1, -0.05) is 11.6 Å². The Morgan fingerprint density at radius 3 is 2.70 bits per heavy atom. The zero-order valence-electron chi connectivity index (χ0n) is 23.1. The molecule has 4 N–H and O–H groups in total. The predicted octanol–water partition coefficient (Wildman–Crippen LogP) is 3.33. The highest BCUT2D eigenvalue weighted by atomic mass is 35.5. The van der Waals surface area contributed by atoms with Gasteiger partial charge < -0.3 is 30.7 Å². The van der Waals surface area contributed by atoms with Crippen LogP contribution in [0.1, 0.15) is 51.1 Å². The van der Waals surface area contributed by atoms with E-state index in [2.05, 4.69) is 15.1 Å². The quantitative estimate of drug-likeness (QED) is 0.323. The lowest BCUT2D eigenvalue weighted by molar-refractivity contribution is -0.140. The van der Waals surface area contributed by atoms with Crippen molar-refractivity contribution in [2.45, 2.75) is 44.8 Å². The molecule has 3 aromatic rings. The molecule has 1 fully saturated rings. The Balaban J connectivity index is 1.32. The van der Waals surface area contributed by atoms with Gasteiger partial charge in [-0.25, -0.2) is 4.39 Å². The molecule has 11 nitrogen and oxygen atoms in total. The van der Waals surface area contributed by atoms with Gasteiger partial charge in [0.1, 0.15) is 5.82 Å². The third-order valence-corrected chi connectivity index (χ3v) is 8.49. The molecule has 0 radical (unpaired) electrons. The summed E-state index contributed by atoms with van der Waals surface area (Å²) in [6.45, 7) is 2.68. The van der Waals surface area contributed by atoms with Gasteiger partial charge in [-0.05, 0) is 25.1 Å². The number of likely N-dealkylation sites (tertiary alicyclic amines) is 1. The van der Waals surface area contributed by atoms with Crippen molar-refractivity contribution in [1.82, 2.24) is 24.6 Å². The lowest BCUT2D eigenvalue weighted by Crippen LogP contribution is -2.52. The number of ether oxygens (including phenoxy) is 2. The van der Waals surface area contributed by atoms with Crippen LogP contribution in [0.2, 0.25) is 5.02 Å². The van der Waals surface area contributed by atoms with E-state index in [1.807, 2.05) is 4.90 Å². The Morgan fingerprint density at radius 1 is 1.23 bits per heavy atom. The molecule has 3 aliphatic rings. The third-order valence-electron chi connectivity index (χ3n) is 8.09. The van der Waals surface area contributed by atoms with Crippen LogP contribution < -0.4 is 21.1 Å². The topological polar surface area (TPSA) is 138 Å². The van der Waals surface area contributed by atoms with Gasteiger partial charge in [-0.3, -0.25) is 9.48 Å². The van der Waals surface area contributed by atoms with Crippen molar-refractivity contribution < 1.29 is 31.8 Å². The summed E-state index contributed by atoms with van der Waals surface area (Å²) >= 11 is 6.72. The highest BCUT2D eigenvalue weighted by molar-refractivity contribution is 6.34. The number of nitrogens with two attached hydrogens (primary N) is 2. The number of aromatic nitrogens is 4. The van der Waals surface area contributed by atoms with Crippen LogP contribution in [-0.4, -0.2) is 63.8 Å². The van der Waals surface area contributed by atoms with Crippen LogP contribution in [0.25, 0.3) is 0 Å². The van der Waals surface area contributed by atoms with E-state index >= 15 is 4.39 Å². The average Bonchev–Trinajstić information content (AvgIpc) is 3.11. The van der Waals surface area contributed by atoms with Crippen molar-refractivity contribution in [2.75, 3.05) is 43.9 Å². The van der Waals surface area contributed by atoms with Crippen LogP contribution in [0, 0.1) is 11.7 Å². The van der Waals surface area contributed by atoms with Crippen molar-refractivity contribution in [2.24, 2.45) is 11.7 Å². The maximum Gasteiger partial charge on any atom is 0.416 e. The summed E-state index contributed by atoms with van der Waals surface area (Å²) in [5.74, 6) is -0.733. The van der Waals surface area contributed by atoms with Crippen LogP contribution in [0.4, 0.5) is 29.1 Å². The number of alkyl halides is 3. The van der Waals surface area contributed by atoms with Gasteiger partial charge in [0, 0.05) is 49.6 Å². The van der Waals surface area contributed by atoms with Crippen molar-refractivity contribution in [3.8, 4) is 6.01 Å². The fourth-order valence-corrected chi connectivity index (χ4v) is 6.05. The highest BCUT2D eigenvalue weighted by Gasteiger charge is 2.40. The largest absolute Gasteiger partial charge is 0.467 e. The molecule has 1 unspecified atom stereocenters. The molecule has 0 saturated carbocycles. The Bertz CT molecular complexity index is 1580. The minimum absolute atomic E-state index is 0.00884. The van der Waals surface area contributed by atoms with Gasteiger partial charge in [0.2, 0.25) is 0 Å². The van der Waals surface area contributed by atoms with E-state index in [-0.39, 0.29) is 48.1 Å². The van der Waals surface area contributed by atoms with E-state index in [4.69, 9.17) is 32.5 Å². The van der Waals surface area contributed by atoms with E-state index in [0.29, 0.717) is 61.9 Å². The number of nitrogen functional groups attached to an aromatic ring is 1. The molecule has 6 rings (SSSR count). The number of hydrogen-bond acceptors (Lipinski definition) is 9. The second kappa shape index (κ2) is 11.1. The second-order valence-corrected chi connectivity index (χ2v) is 11.2. The molecule has 16 heteroatoms. The summed E-state index contributed by atoms with van der Waals surface area (Å²) in [5.41, 5.74) is 10.8. The number of methoxy groups -OCH3 is 1. The standard InChI is InChI=1S/C27H29ClF4N8O3/c1-42-26-35-17-7-19(20-15(27(30,31)32)3-4-16(34)22(20)29)43-12-14(17)24(36-26)38-5-2-6-40-18(11-38)21(28)23(37-40)25(41)39-9-13(8-33)10-39/h3-4,13,19H,2,5-12,33-34H2,1H3. The number of carbonyl (C=O) groups excluding carboxylic acids is 1. The van der Waals surface area contributed by atoms with Crippen LogP contribution >= 0.6 is 11.6 Å². The SMILES string of the molecule is COc1nc2c(c(N3CCCn4nc(C(=O)N5CC(CN)C5)c(Cl)c4C3)n1)COC(c1c(C(F)(F)F)ccc(N)c1F)C2. The first kappa shape index (κ1) is 29.4. The molecule has 3 aliphatic heterocycles. The highest BCUT2D eigenvalue weighted by Crippen LogP contribution is 2.43. The molecule has 5 heterocycles. The molecule has 1 saturated heterocycles. The summed E-state index contributed by atoms with van der Waals surface area (Å²) < 4.78 is 69.4. The van der Waals surface area contributed by atoms with Crippen LogP contribution in [0.5, 0.6) is 6.01 Å². The Morgan fingerprint density at radius 2 is 2.00 bits per heavy atom. The monoisotopic (exact) mass is 624 g/mol. The average molecular weight is 625 g/mol. The summed E-state index contributed by atoms with van der Waals surface area (Å²) in [6, 6.07) is 1.63. The summed E-state index contributed by atoms with van der Waals surface area (Å²) in [5, 5.41) is 4.76. The van der Waals surface area contributed by atoms with Crippen LogP contribution in [-0.2, 0) is 37.0 Å². The number of rotatable bonds is 5. The second-order valence-electron chi connectivity index (χ2n) is 10.8. The molecular weight excluding hydrogens is 596 g/mol. The first-order valence-corrected chi connectivity index (χ1v) is 14.1. The number of fused-ring (bicyclic) bond motifs is 2. The zero-order chi connectivity index (χ0) is 30.6. The summed E-state index contributed by atoms with van der Waals surface area (Å²) in [7, 11) is 1.37. The lowest BCUT2D eigenvalue weighted by atomic mass is 9.94. The molecule has 43 heavy (non-hydrogen) atoms.